The summed E-state index contributed by atoms with van der Waals surface area (Å²) in [5.41, 5.74) is 5.34. The Hall–Kier alpha value is -3.77. The van der Waals surface area contributed by atoms with Gasteiger partial charge in [0.05, 0.1) is 0 Å². The summed E-state index contributed by atoms with van der Waals surface area (Å²) in [7, 11) is 0. The van der Waals surface area contributed by atoms with E-state index in [-0.39, 0.29) is 34.6 Å². The van der Waals surface area contributed by atoms with Crippen LogP contribution >= 0.6 is 34.9 Å². The van der Waals surface area contributed by atoms with Gasteiger partial charge in [-0.15, -0.1) is 34.9 Å². The maximum absolute atomic E-state index is 13.1. The minimum atomic E-state index is -1.98. The molecule has 218 valence electrons. The first-order valence-corrected chi connectivity index (χ1v) is 14.7. The van der Waals surface area contributed by atoms with Gasteiger partial charge in [0.15, 0.2) is 29.8 Å². The van der Waals surface area contributed by atoms with Gasteiger partial charge < -0.3 is 26.1 Å². The molecule has 1 fully saturated rings. The second-order valence-electron chi connectivity index (χ2n) is 8.47. The fourth-order valence-corrected chi connectivity index (χ4v) is 6.73. The number of amides is 2. The number of β-lactam (4-membered cyclic amide) rings is 1. The highest BCUT2D eigenvalue weighted by Crippen LogP contribution is 2.41. The molecule has 0 spiro atoms. The van der Waals surface area contributed by atoms with Gasteiger partial charge in [-0.25, -0.2) is 27.9 Å². The summed E-state index contributed by atoms with van der Waals surface area (Å²) in [6.45, 7) is -1.69. The molecule has 2 aromatic rings. The molecule has 4 heterocycles. The van der Waals surface area contributed by atoms with Crippen LogP contribution < -0.4 is 15.6 Å². The van der Waals surface area contributed by atoms with E-state index < -0.39 is 60.3 Å². The average molecular weight is 630 g/mol. The van der Waals surface area contributed by atoms with Gasteiger partial charge in [0, 0.05) is 33.9 Å². The summed E-state index contributed by atoms with van der Waals surface area (Å²) >= 11 is 3.58. The van der Waals surface area contributed by atoms with Gasteiger partial charge in [0.1, 0.15) is 36.2 Å². The number of anilines is 1. The van der Waals surface area contributed by atoms with Crippen molar-refractivity contribution in [3.8, 4) is 0 Å². The van der Waals surface area contributed by atoms with Crippen LogP contribution in [0.1, 0.15) is 5.69 Å². The predicted molar refractivity (Wildman–Crippen MR) is 145 cm³/mol. The van der Waals surface area contributed by atoms with Gasteiger partial charge in [0.2, 0.25) is 0 Å². The highest BCUT2D eigenvalue weighted by atomic mass is 32.2. The van der Waals surface area contributed by atoms with E-state index in [2.05, 4.69) is 20.3 Å². The lowest BCUT2D eigenvalue weighted by molar-refractivity contribution is -0.697. The number of aromatic nitrogens is 2. The van der Waals surface area contributed by atoms with Crippen LogP contribution in [0.25, 0.3) is 0 Å². The number of carbonyl (C=O) groups excluding carboxylic acids is 2. The maximum atomic E-state index is 13.1. The third kappa shape index (κ3) is 6.76. The molecule has 13 nitrogen and oxygen atoms in total. The van der Waals surface area contributed by atoms with Crippen molar-refractivity contribution in [1.82, 2.24) is 15.2 Å². The Bertz CT molecular complexity index is 1400. The zero-order chi connectivity index (χ0) is 29.7. The molecule has 1 unspecified atom stereocenters. The Labute approximate surface area is 243 Å². The number of oxime groups is 1. The summed E-state index contributed by atoms with van der Waals surface area (Å²) in [6.07, 6.45) is 1.46. The first-order chi connectivity index (χ1) is 19.6. The number of carboxylic acids is 2. The first-order valence-electron chi connectivity index (χ1n) is 11.8. The zero-order valence-corrected chi connectivity index (χ0v) is 23.4. The molecule has 0 aromatic carbocycles. The molecule has 2 aliphatic rings. The van der Waals surface area contributed by atoms with Gasteiger partial charge in [-0.1, -0.05) is 5.16 Å². The first kappa shape index (κ1) is 30.2. The number of carbonyl (C=O) groups is 4. The molecule has 18 heteroatoms. The second kappa shape index (κ2) is 13.3. The van der Waals surface area contributed by atoms with Gasteiger partial charge >= 0.3 is 11.9 Å². The highest BCUT2D eigenvalue weighted by molar-refractivity contribution is 8.01. The van der Waals surface area contributed by atoms with Crippen molar-refractivity contribution in [2.75, 3.05) is 30.6 Å². The lowest BCUT2D eigenvalue weighted by Crippen LogP contribution is -2.71. The molecule has 0 saturated carbocycles. The molecule has 41 heavy (non-hydrogen) atoms. The molecule has 4 rings (SSSR count). The Morgan fingerprint density at radius 1 is 1.32 bits per heavy atom. The van der Waals surface area contributed by atoms with Crippen LogP contribution in [0.5, 0.6) is 0 Å². The Morgan fingerprint density at radius 2 is 2.05 bits per heavy atom. The van der Waals surface area contributed by atoms with E-state index >= 15 is 0 Å². The topological polar surface area (TPSA) is 188 Å². The van der Waals surface area contributed by atoms with E-state index in [4.69, 9.17) is 10.8 Å². The molecule has 0 bridgehead atoms. The van der Waals surface area contributed by atoms with Crippen LogP contribution in [0, 0.1) is 0 Å². The average Bonchev–Trinajstić information content (AvgIpc) is 3.38. The van der Waals surface area contributed by atoms with Crippen molar-refractivity contribution in [3.05, 3.63) is 46.9 Å². The van der Waals surface area contributed by atoms with Crippen molar-refractivity contribution in [2.24, 2.45) is 5.16 Å². The van der Waals surface area contributed by atoms with Crippen LogP contribution in [0.2, 0.25) is 0 Å². The number of fused-ring (bicyclic) bond motifs is 1. The number of nitrogens with two attached hydrogens (primary N) is 1. The number of rotatable bonds is 13. The number of nitrogens with zero attached hydrogens (tertiary/aromatic N) is 4. The SMILES string of the molecule is Nc1nc(C(=NOC(CF)C(=O)O)C(=O)N[C@@H]2C(=O)N3C(C(=O)O)=C(CSc4cc[n+](CCF)cc4)CS[C@H]23)cs1. The summed E-state index contributed by atoms with van der Waals surface area (Å²) in [5.74, 6) is -4.04. The number of hydrogen-bond donors (Lipinski definition) is 4. The molecule has 5 N–H and O–H groups in total. The predicted octanol–water partition coefficient (Wildman–Crippen LogP) is 0.657. The Balaban J connectivity index is 1.48. The van der Waals surface area contributed by atoms with E-state index in [0.717, 1.165) is 21.1 Å². The van der Waals surface area contributed by atoms with Gasteiger partial charge in [0.25, 0.3) is 17.9 Å². The number of halogens is 2. The molecule has 2 amide bonds. The third-order valence-corrected chi connectivity index (χ3v) is 8.93. The van der Waals surface area contributed by atoms with Crippen LogP contribution in [0.15, 0.2) is 51.2 Å². The largest absolute Gasteiger partial charge is 0.478 e. The molecular weight excluding hydrogens is 606 g/mol. The van der Waals surface area contributed by atoms with Crippen molar-refractivity contribution < 1.29 is 47.6 Å². The molecule has 2 aliphatic heterocycles. The van der Waals surface area contributed by atoms with E-state index in [1.807, 2.05) is 0 Å². The standard InChI is InChI=1S/C23H22F2N6O7S3/c24-3-6-30-4-1-12(2-5-30)39-8-11-9-40-20-16(19(33)31(20)17(11)22(36)37)28-18(32)15(13-10-41-23(26)27-13)29-38-14(7-25)21(34)35/h1-2,4-5,10,14,16,20H,3,6-9H2,(H4-,26,27,28,32,34,35,36,37)/p+1/t14?,16-,20-/m1/s1. The minimum Gasteiger partial charge on any atom is -0.478 e. The summed E-state index contributed by atoms with van der Waals surface area (Å²) in [5, 5.41) is 25.5. The lowest BCUT2D eigenvalue weighted by atomic mass is 10.0. The fraction of sp³-hybridized carbons (Fsp3) is 0.348. The van der Waals surface area contributed by atoms with E-state index in [1.54, 1.807) is 29.1 Å². The fourth-order valence-electron chi connectivity index (χ4n) is 3.82. The normalized spacial score (nSPS) is 19.3. The van der Waals surface area contributed by atoms with Gasteiger partial charge in [-0.05, 0) is 5.57 Å². The van der Waals surface area contributed by atoms with E-state index in [0.29, 0.717) is 5.57 Å². The van der Waals surface area contributed by atoms with E-state index in [9.17, 15) is 33.1 Å². The van der Waals surface area contributed by atoms with Crippen molar-refractivity contribution in [1.29, 1.82) is 0 Å². The van der Waals surface area contributed by atoms with Crippen molar-refractivity contribution >= 4 is 69.5 Å². The molecule has 0 aliphatic carbocycles. The van der Waals surface area contributed by atoms with Crippen molar-refractivity contribution in [2.45, 2.75) is 29.0 Å². The number of thiazole rings is 1. The lowest BCUT2D eigenvalue weighted by Gasteiger charge is -2.49. The smallest absolute Gasteiger partial charge is 0.352 e. The number of nitrogens with one attached hydrogen (secondary N) is 1. The van der Waals surface area contributed by atoms with Crippen molar-refractivity contribution in [3.63, 3.8) is 0 Å². The second-order valence-corrected chi connectivity index (χ2v) is 11.5. The molecule has 2 aromatic heterocycles. The summed E-state index contributed by atoms with van der Waals surface area (Å²) in [6, 6.07) is 2.44. The number of thioether (sulfide) groups is 2. The number of alkyl halides is 2. The molecule has 1 saturated heterocycles. The quantitative estimate of drug-likeness (QED) is 0.0801. The molecular formula is C23H23F2N6O7S3+. The monoisotopic (exact) mass is 629 g/mol. The summed E-state index contributed by atoms with van der Waals surface area (Å²) < 4.78 is 27.2. The van der Waals surface area contributed by atoms with Crippen LogP contribution in [0.3, 0.4) is 0 Å². The maximum Gasteiger partial charge on any atom is 0.352 e. The van der Waals surface area contributed by atoms with Gasteiger partial charge in [-0.3, -0.25) is 14.5 Å². The number of nitrogen functional groups attached to an aromatic ring is 1. The number of hydrogen-bond acceptors (Lipinski definition) is 11. The number of pyridine rings is 1. The Morgan fingerprint density at radius 3 is 2.63 bits per heavy atom. The number of aryl methyl sites for hydroxylation is 1. The summed E-state index contributed by atoms with van der Waals surface area (Å²) in [4.78, 5) is 59.9. The molecule has 3 atom stereocenters. The highest BCUT2D eigenvalue weighted by Gasteiger charge is 2.54. The van der Waals surface area contributed by atoms with Crippen LogP contribution in [-0.2, 0) is 30.6 Å². The van der Waals surface area contributed by atoms with E-state index in [1.165, 1.54) is 28.9 Å². The number of carboxylic acid groups (broad SMARTS) is 2. The number of aliphatic carboxylic acids is 2. The zero-order valence-electron chi connectivity index (χ0n) is 20.9. The Kier molecular flexibility index (Phi) is 9.77. The third-order valence-electron chi connectivity index (χ3n) is 5.82. The van der Waals surface area contributed by atoms with Gasteiger partial charge in [-0.2, -0.15) is 0 Å². The molecule has 0 radical (unpaired) electrons. The van der Waals surface area contributed by atoms with Crippen LogP contribution in [-0.4, -0.2) is 91.9 Å². The van der Waals surface area contributed by atoms with Crippen LogP contribution in [0.4, 0.5) is 13.9 Å². The minimum absolute atomic E-state index is 0.0607.